The number of fused-ring (bicyclic) bond motifs is 3. The molecule has 0 saturated carbocycles. The highest BCUT2D eigenvalue weighted by atomic mass is 35.5. The second kappa shape index (κ2) is 9.52. The lowest BCUT2D eigenvalue weighted by Gasteiger charge is -2.31. The van der Waals surface area contributed by atoms with Crippen molar-refractivity contribution in [1.29, 1.82) is 0 Å². The molecule has 0 bridgehead atoms. The molecule has 1 atom stereocenters. The number of ether oxygens (including phenoxy) is 3. The Morgan fingerprint density at radius 1 is 1.21 bits per heavy atom. The van der Waals surface area contributed by atoms with Crippen LogP contribution in [0.5, 0.6) is 17.2 Å². The van der Waals surface area contributed by atoms with Crippen molar-refractivity contribution in [2.24, 2.45) is 0 Å². The molecule has 10 heteroatoms. The zero-order valence-corrected chi connectivity index (χ0v) is 19.5. The Morgan fingerprint density at radius 3 is 2.68 bits per heavy atom. The van der Waals surface area contributed by atoms with Gasteiger partial charge in [0.15, 0.2) is 11.5 Å². The van der Waals surface area contributed by atoms with Gasteiger partial charge >= 0.3 is 6.61 Å². The van der Waals surface area contributed by atoms with Gasteiger partial charge in [-0.25, -0.2) is 8.42 Å². The Balaban J connectivity index is 1.94. The van der Waals surface area contributed by atoms with Crippen molar-refractivity contribution in [3.8, 4) is 28.4 Å². The van der Waals surface area contributed by atoms with Gasteiger partial charge in [-0.1, -0.05) is 42.5 Å². The molecule has 1 heterocycles. The molecule has 3 aromatic carbocycles. The van der Waals surface area contributed by atoms with Gasteiger partial charge in [-0.05, 0) is 47.5 Å². The van der Waals surface area contributed by atoms with Crippen LogP contribution in [-0.2, 0) is 10.0 Å². The van der Waals surface area contributed by atoms with Gasteiger partial charge in [0, 0.05) is 16.3 Å². The number of halogens is 3. The molecule has 1 unspecified atom stereocenters. The zero-order valence-electron chi connectivity index (χ0n) is 17.9. The second-order valence-corrected chi connectivity index (χ2v) is 9.66. The highest BCUT2D eigenvalue weighted by Crippen LogP contribution is 2.53. The fourth-order valence-corrected chi connectivity index (χ4v) is 4.51. The van der Waals surface area contributed by atoms with Gasteiger partial charge in [-0.2, -0.15) is 8.78 Å². The molecule has 0 aromatic heterocycles. The van der Waals surface area contributed by atoms with Gasteiger partial charge in [0.25, 0.3) is 0 Å². The lowest BCUT2D eigenvalue weighted by Crippen LogP contribution is -2.18. The van der Waals surface area contributed by atoms with Crippen LogP contribution in [0.1, 0.15) is 17.2 Å². The van der Waals surface area contributed by atoms with Gasteiger partial charge in [-0.15, -0.1) is 0 Å². The molecule has 0 amide bonds. The molecule has 6 nitrogen and oxygen atoms in total. The Morgan fingerprint density at radius 2 is 2.00 bits per heavy atom. The van der Waals surface area contributed by atoms with Crippen LogP contribution in [0.4, 0.5) is 14.5 Å². The van der Waals surface area contributed by atoms with E-state index in [-0.39, 0.29) is 29.4 Å². The van der Waals surface area contributed by atoms with Crippen LogP contribution in [0.2, 0.25) is 5.02 Å². The Kier molecular flexibility index (Phi) is 6.67. The van der Waals surface area contributed by atoms with Crippen molar-refractivity contribution in [1.82, 2.24) is 0 Å². The Bertz CT molecular complexity index is 1350. The molecule has 1 aliphatic rings. The first-order chi connectivity index (χ1) is 16.2. The molecule has 1 N–H and O–H groups in total. The van der Waals surface area contributed by atoms with Crippen molar-refractivity contribution in [3.63, 3.8) is 0 Å². The summed E-state index contributed by atoms with van der Waals surface area (Å²) in [5.41, 5.74) is 2.30. The van der Waals surface area contributed by atoms with Gasteiger partial charge in [0.05, 0.1) is 11.8 Å². The quantitative estimate of drug-likeness (QED) is 0.377. The zero-order chi connectivity index (χ0) is 24.5. The number of nitrogens with one attached hydrogen (secondary N) is 1. The number of hydrogen-bond acceptors (Lipinski definition) is 5. The molecule has 3 aromatic rings. The summed E-state index contributed by atoms with van der Waals surface area (Å²) >= 11 is 6.19. The number of rotatable bonds is 8. The van der Waals surface area contributed by atoms with Gasteiger partial charge in [0.1, 0.15) is 18.5 Å². The summed E-state index contributed by atoms with van der Waals surface area (Å²) in [6.07, 6.45) is 1.82. The van der Waals surface area contributed by atoms with E-state index in [1.165, 1.54) is 18.2 Å². The molecule has 0 spiro atoms. The third-order valence-electron chi connectivity index (χ3n) is 4.95. The molecule has 0 aliphatic carbocycles. The third kappa shape index (κ3) is 5.10. The largest absolute Gasteiger partial charge is 0.486 e. The monoisotopic (exact) mass is 507 g/mol. The fourth-order valence-electron chi connectivity index (χ4n) is 3.76. The van der Waals surface area contributed by atoms with Crippen molar-refractivity contribution in [2.45, 2.75) is 12.7 Å². The maximum absolute atomic E-state index is 13.4. The molecule has 0 radical (unpaired) electrons. The van der Waals surface area contributed by atoms with Crippen LogP contribution in [0, 0.1) is 0 Å². The summed E-state index contributed by atoms with van der Waals surface area (Å²) in [7, 11) is -3.56. The van der Waals surface area contributed by atoms with Gasteiger partial charge in [0.2, 0.25) is 10.0 Å². The van der Waals surface area contributed by atoms with E-state index in [0.29, 0.717) is 27.5 Å². The summed E-state index contributed by atoms with van der Waals surface area (Å²) in [5.74, 6) is 0.194. The van der Waals surface area contributed by atoms with E-state index in [0.717, 1.165) is 6.26 Å². The summed E-state index contributed by atoms with van der Waals surface area (Å²) in [5, 5.41) is 0.480. The molecule has 4 rings (SSSR count). The first-order valence-electron chi connectivity index (χ1n) is 10.1. The Hall–Kier alpha value is -3.30. The topological polar surface area (TPSA) is 73.9 Å². The Labute approximate surface area is 200 Å². The van der Waals surface area contributed by atoms with Crippen LogP contribution < -0.4 is 18.9 Å². The van der Waals surface area contributed by atoms with E-state index in [1.807, 2.05) is 0 Å². The number of benzene rings is 3. The second-order valence-electron chi connectivity index (χ2n) is 7.47. The van der Waals surface area contributed by atoms with Crippen LogP contribution >= 0.6 is 11.6 Å². The van der Waals surface area contributed by atoms with E-state index < -0.39 is 22.7 Å². The number of anilines is 1. The molecular formula is C24H20ClF2NO5S. The smallest absolute Gasteiger partial charge is 0.387 e. The van der Waals surface area contributed by atoms with Crippen LogP contribution in [0.25, 0.3) is 11.1 Å². The minimum Gasteiger partial charge on any atom is -0.486 e. The van der Waals surface area contributed by atoms with Crippen molar-refractivity contribution < 1.29 is 31.4 Å². The van der Waals surface area contributed by atoms with Crippen LogP contribution in [-0.4, -0.2) is 27.9 Å². The maximum Gasteiger partial charge on any atom is 0.387 e. The SMILES string of the molecule is C=CCOc1ccc2c(c1OC(F)F)-c1ccc(NS(C)(=O)=O)cc1C(c1cccc(Cl)c1)O2. The van der Waals surface area contributed by atoms with Gasteiger partial charge in [-0.3, -0.25) is 4.72 Å². The van der Waals surface area contributed by atoms with E-state index in [9.17, 15) is 17.2 Å². The number of alkyl halides is 2. The molecule has 1 aliphatic heterocycles. The molecule has 178 valence electrons. The standard InChI is InChI=1S/C24H20ClF2NO5S/c1-3-11-31-20-10-9-19-21(23(20)33-24(26)27)17-8-7-16(28-34(2,29)30)13-18(17)22(32-19)14-5-4-6-15(25)12-14/h3-10,12-13,22,24,28H,1,11H2,2H3. The van der Waals surface area contributed by atoms with Gasteiger partial charge < -0.3 is 14.2 Å². The molecule has 0 fully saturated rings. The summed E-state index contributed by atoms with van der Waals surface area (Å²) in [6, 6.07) is 14.8. The van der Waals surface area contributed by atoms with E-state index >= 15 is 0 Å². The predicted octanol–water partition coefficient (Wildman–Crippen LogP) is 6.03. The lowest BCUT2D eigenvalue weighted by molar-refractivity contribution is -0.0511. The minimum atomic E-state index is -3.56. The van der Waals surface area contributed by atoms with Crippen molar-refractivity contribution >= 4 is 27.3 Å². The van der Waals surface area contributed by atoms with Crippen molar-refractivity contribution in [2.75, 3.05) is 17.6 Å². The predicted molar refractivity (Wildman–Crippen MR) is 127 cm³/mol. The average Bonchev–Trinajstić information content (AvgIpc) is 2.76. The number of sulfonamides is 1. The summed E-state index contributed by atoms with van der Waals surface area (Å²) in [6.45, 7) is 0.539. The first kappa shape index (κ1) is 23.8. The number of hydrogen-bond donors (Lipinski definition) is 1. The van der Waals surface area contributed by atoms with Crippen molar-refractivity contribution in [3.05, 3.63) is 83.4 Å². The molecule has 34 heavy (non-hydrogen) atoms. The van der Waals surface area contributed by atoms with E-state index in [4.69, 9.17) is 25.8 Å². The average molecular weight is 508 g/mol. The van der Waals surface area contributed by atoms with Crippen LogP contribution in [0.3, 0.4) is 0 Å². The highest BCUT2D eigenvalue weighted by Gasteiger charge is 2.33. The minimum absolute atomic E-state index is 0.0778. The maximum atomic E-state index is 13.4. The molecular weight excluding hydrogens is 488 g/mol. The normalized spacial score (nSPS) is 14.6. The highest BCUT2D eigenvalue weighted by molar-refractivity contribution is 7.92. The van der Waals surface area contributed by atoms with Crippen LogP contribution in [0.15, 0.2) is 67.3 Å². The van der Waals surface area contributed by atoms with E-state index in [1.54, 1.807) is 42.5 Å². The lowest BCUT2D eigenvalue weighted by atomic mass is 9.88. The van der Waals surface area contributed by atoms with E-state index in [2.05, 4.69) is 11.3 Å². The fraction of sp³-hybridized carbons (Fsp3) is 0.167. The third-order valence-corrected chi connectivity index (χ3v) is 5.79. The first-order valence-corrected chi connectivity index (χ1v) is 12.3. The summed E-state index contributed by atoms with van der Waals surface area (Å²) in [4.78, 5) is 0. The molecule has 0 saturated heterocycles. The summed E-state index contributed by atoms with van der Waals surface area (Å²) < 4.78 is 69.4.